The Balaban J connectivity index is 1.89. The van der Waals surface area contributed by atoms with Crippen LogP contribution in [0, 0.1) is 17.3 Å². The molecule has 90 valence electrons. The molecule has 3 unspecified atom stereocenters. The second kappa shape index (κ2) is 3.10. The summed E-state index contributed by atoms with van der Waals surface area (Å²) in [7, 11) is 0. The van der Waals surface area contributed by atoms with Gasteiger partial charge in [0.2, 0.25) is 0 Å². The Labute approximate surface area is 97.7 Å². The maximum absolute atomic E-state index is 12.8. The van der Waals surface area contributed by atoms with Crippen LogP contribution in [0.15, 0.2) is 11.9 Å². The lowest BCUT2D eigenvalue weighted by atomic mass is 9.75. The molecule has 0 amide bonds. The lowest BCUT2D eigenvalue weighted by Gasteiger charge is -2.39. The molecule has 0 N–H and O–H groups in total. The molecule has 2 aliphatic heterocycles. The molecule has 0 spiro atoms. The quantitative estimate of drug-likeness (QED) is 0.659. The predicted octanol–water partition coefficient (Wildman–Crippen LogP) is 3.37. The van der Waals surface area contributed by atoms with Gasteiger partial charge in [0.1, 0.15) is 0 Å². The highest BCUT2D eigenvalue weighted by Gasteiger charge is 2.64. The molecule has 0 bridgehead atoms. The number of hydrogen-bond donors (Lipinski definition) is 0. The largest absolute Gasteiger partial charge is 0.293 e. The van der Waals surface area contributed by atoms with Crippen molar-refractivity contribution >= 4 is 0 Å². The van der Waals surface area contributed by atoms with E-state index in [1.807, 2.05) is 0 Å². The first-order valence-corrected chi connectivity index (χ1v) is 6.48. The van der Waals surface area contributed by atoms with E-state index in [4.69, 9.17) is 0 Å². The van der Waals surface area contributed by atoms with Crippen molar-refractivity contribution in [3.63, 3.8) is 0 Å². The van der Waals surface area contributed by atoms with Crippen LogP contribution >= 0.6 is 0 Å². The molecular weight excluding hydrogens is 201 g/mol. The SMILES string of the molecule is CC(C)(C)CC12C/C(=C/F)CN1CC1CC12. The zero-order valence-electron chi connectivity index (χ0n) is 10.6. The fourth-order valence-corrected chi connectivity index (χ4v) is 4.26. The molecule has 3 aliphatic rings. The molecule has 3 fully saturated rings. The molecule has 1 saturated carbocycles. The minimum absolute atomic E-state index is 0.320. The number of nitrogens with zero attached hydrogens (tertiary/aromatic N) is 1. The molecule has 16 heavy (non-hydrogen) atoms. The standard InChI is InChI=1S/C14H22FN/c1-13(2,3)9-14-5-10(6-15)7-16(14)8-11-4-12(11)14/h6,11-12H,4-5,7-9H2,1-3H3/b10-6-. The van der Waals surface area contributed by atoms with Gasteiger partial charge in [0.15, 0.2) is 0 Å². The zero-order chi connectivity index (χ0) is 11.6. The average molecular weight is 223 g/mol. The monoisotopic (exact) mass is 223 g/mol. The molecule has 3 atom stereocenters. The summed E-state index contributed by atoms with van der Waals surface area (Å²) in [6, 6.07) is 0. The Morgan fingerprint density at radius 2 is 2.25 bits per heavy atom. The van der Waals surface area contributed by atoms with Crippen molar-refractivity contribution in [1.29, 1.82) is 0 Å². The van der Waals surface area contributed by atoms with Crippen LogP contribution in [-0.2, 0) is 0 Å². The van der Waals surface area contributed by atoms with E-state index in [2.05, 4.69) is 25.7 Å². The van der Waals surface area contributed by atoms with Crippen LogP contribution in [0.5, 0.6) is 0 Å². The minimum atomic E-state index is 0.320. The van der Waals surface area contributed by atoms with Crippen molar-refractivity contribution in [1.82, 2.24) is 4.90 Å². The van der Waals surface area contributed by atoms with E-state index in [9.17, 15) is 4.39 Å². The number of rotatable bonds is 1. The van der Waals surface area contributed by atoms with Crippen molar-refractivity contribution in [2.45, 2.75) is 45.6 Å². The summed E-state index contributed by atoms with van der Waals surface area (Å²) in [5, 5.41) is 0. The molecule has 0 aromatic heterocycles. The van der Waals surface area contributed by atoms with Crippen LogP contribution in [0.4, 0.5) is 4.39 Å². The van der Waals surface area contributed by atoms with Crippen LogP contribution in [0.3, 0.4) is 0 Å². The molecule has 0 radical (unpaired) electrons. The number of halogens is 1. The summed E-state index contributed by atoms with van der Waals surface area (Å²) in [6.07, 6.45) is 4.46. The average Bonchev–Trinajstić information content (AvgIpc) is 2.74. The third kappa shape index (κ3) is 1.46. The molecule has 3 rings (SSSR count). The Kier molecular flexibility index (Phi) is 2.08. The second-order valence-electron chi connectivity index (χ2n) is 7.27. The van der Waals surface area contributed by atoms with Crippen molar-refractivity contribution in [2.24, 2.45) is 17.3 Å². The van der Waals surface area contributed by atoms with Crippen LogP contribution in [0.1, 0.15) is 40.0 Å². The van der Waals surface area contributed by atoms with E-state index < -0.39 is 0 Å². The normalized spacial score (nSPS) is 44.9. The van der Waals surface area contributed by atoms with Gasteiger partial charge in [0.05, 0.1) is 6.33 Å². The molecule has 2 saturated heterocycles. The van der Waals surface area contributed by atoms with Gasteiger partial charge < -0.3 is 0 Å². The van der Waals surface area contributed by atoms with Crippen molar-refractivity contribution in [3.05, 3.63) is 11.9 Å². The van der Waals surface area contributed by atoms with E-state index in [1.54, 1.807) is 0 Å². The molecule has 0 aromatic carbocycles. The lowest BCUT2D eigenvalue weighted by Crippen LogP contribution is -2.44. The van der Waals surface area contributed by atoms with Crippen molar-refractivity contribution in [2.75, 3.05) is 13.1 Å². The summed E-state index contributed by atoms with van der Waals surface area (Å²) in [5.74, 6) is 1.80. The van der Waals surface area contributed by atoms with Crippen molar-refractivity contribution < 1.29 is 4.39 Å². The van der Waals surface area contributed by atoms with E-state index >= 15 is 0 Å². The Hall–Kier alpha value is -0.370. The molecule has 2 heteroatoms. The highest BCUT2D eigenvalue weighted by Crippen LogP contribution is 2.63. The van der Waals surface area contributed by atoms with Crippen LogP contribution in [0.25, 0.3) is 0 Å². The van der Waals surface area contributed by atoms with E-state index in [0.29, 0.717) is 11.0 Å². The van der Waals surface area contributed by atoms with Gasteiger partial charge in [-0.1, -0.05) is 20.8 Å². The first kappa shape index (κ1) is 10.8. The molecular formula is C14H22FN. The Bertz CT molecular complexity index is 341. The molecule has 1 nitrogen and oxygen atoms in total. The molecule has 2 heterocycles. The second-order valence-corrected chi connectivity index (χ2v) is 7.27. The van der Waals surface area contributed by atoms with Gasteiger partial charge in [-0.2, -0.15) is 0 Å². The van der Waals surface area contributed by atoms with Gasteiger partial charge >= 0.3 is 0 Å². The minimum Gasteiger partial charge on any atom is -0.293 e. The van der Waals surface area contributed by atoms with Crippen molar-refractivity contribution in [3.8, 4) is 0 Å². The highest BCUT2D eigenvalue weighted by atomic mass is 19.1. The zero-order valence-corrected chi connectivity index (χ0v) is 10.6. The van der Waals surface area contributed by atoms with Gasteiger partial charge in [0.25, 0.3) is 0 Å². The topological polar surface area (TPSA) is 3.24 Å². The van der Waals surface area contributed by atoms with Gasteiger partial charge in [-0.15, -0.1) is 0 Å². The Morgan fingerprint density at radius 3 is 2.88 bits per heavy atom. The fraction of sp³-hybridized carbons (Fsp3) is 0.857. The third-order valence-corrected chi connectivity index (χ3v) is 4.62. The summed E-state index contributed by atoms with van der Waals surface area (Å²) in [6.45, 7) is 9.05. The van der Waals surface area contributed by atoms with Gasteiger partial charge in [-0.05, 0) is 42.1 Å². The van der Waals surface area contributed by atoms with Gasteiger partial charge in [-0.3, -0.25) is 4.90 Å². The number of fused-ring (bicyclic) bond motifs is 3. The van der Waals surface area contributed by atoms with E-state index in [0.717, 1.165) is 36.7 Å². The predicted molar refractivity (Wildman–Crippen MR) is 63.8 cm³/mol. The van der Waals surface area contributed by atoms with Gasteiger partial charge in [0, 0.05) is 18.6 Å². The van der Waals surface area contributed by atoms with Crippen LogP contribution in [0.2, 0.25) is 0 Å². The smallest absolute Gasteiger partial charge is 0.0872 e. The Morgan fingerprint density at radius 1 is 1.50 bits per heavy atom. The van der Waals surface area contributed by atoms with Crippen LogP contribution < -0.4 is 0 Å². The highest BCUT2D eigenvalue weighted by molar-refractivity contribution is 5.27. The third-order valence-electron chi connectivity index (χ3n) is 4.62. The van der Waals surface area contributed by atoms with Crippen LogP contribution in [-0.4, -0.2) is 23.5 Å². The summed E-state index contributed by atoms with van der Waals surface area (Å²) in [5.41, 5.74) is 1.69. The van der Waals surface area contributed by atoms with E-state index in [1.165, 1.54) is 19.4 Å². The summed E-state index contributed by atoms with van der Waals surface area (Å²) >= 11 is 0. The summed E-state index contributed by atoms with van der Waals surface area (Å²) < 4.78 is 12.8. The number of hydrogen-bond acceptors (Lipinski definition) is 1. The first-order valence-electron chi connectivity index (χ1n) is 6.48. The maximum Gasteiger partial charge on any atom is 0.0872 e. The fourth-order valence-electron chi connectivity index (χ4n) is 4.26. The molecule has 1 aliphatic carbocycles. The van der Waals surface area contributed by atoms with E-state index in [-0.39, 0.29) is 0 Å². The number of piperidine rings is 1. The lowest BCUT2D eigenvalue weighted by molar-refractivity contribution is 0.101. The maximum atomic E-state index is 12.8. The first-order chi connectivity index (χ1) is 7.44. The summed E-state index contributed by atoms with van der Waals surface area (Å²) in [4.78, 5) is 2.57. The molecule has 0 aromatic rings. The van der Waals surface area contributed by atoms with Gasteiger partial charge in [-0.25, -0.2) is 4.39 Å².